The van der Waals surface area contributed by atoms with Crippen LogP contribution in [0.25, 0.3) is 11.2 Å². The number of aromatic nitrogens is 3. The highest BCUT2D eigenvalue weighted by Crippen LogP contribution is 2.30. The molecule has 0 saturated heterocycles. The van der Waals surface area contributed by atoms with Gasteiger partial charge in [0.15, 0.2) is 10.8 Å². The average Bonchev–Trinajstić information content (AvgIpc) is 2.98. The Balaban J connectivity index is 1.79. The van der Waals surface area contributed by atoms with Crippen molar-refractivity contribution in [3.63, 3.8) is 0 Å². The Morgan fingerprint density at radius 1 is 1.35 bits per heavy atom. The van der Waals surface area contributed by atoms with Crippen LogP contribution in [0, 0.1) is 0 Å². The first-order chi connectivity index (χ1) is 14.4. The van der Waals surface area contributed by atoms with Gasteiger partial charge in [-0.3, -0.25) is 14.1 Å². The largest absolute Gasteiger partial charge is 0.523 e. The van der Waals surface area contributed by atoms with E-state index in [4.69, 9.17) is 4.74 Å². The molecule has 1 aliphatic rings. The van der Waals surface area contributed by atoms with E-state index in [2.05, 4.69) is 14.7 Å². The van der Waals surface area contributed by atoms with E-state index in [0.29, 0.717) is 22.9 Å². The van der Waals surface area contributed by atoms with Gasteiger partial charge in [0.2, 0.25) is 0 Å². The molecule has 2 heterocycles. The Kier molecular flexibility index (Phi) is 6.80. The maximum absolute atomic E-state index is 12.4. The van der Waals surface area contributed by atoms with Crippen molar-refractivity contribution >= 4 is 28.9 Å². The fraction of sp³-hybridized carbons (Fsp3) is 0.476. The molecule has 0 radical (unpaired) electrons. The number of allylic oxidation sites excluding steroid dienone is 2. The molecular weight excluding hydrogens is 431 g/mol. The van der Waals surface area contributed by atoms with Crippen LogP contribution in [-0.4, -0.2) is 43.8 Å². The summed E-state index contributed by atoms with van der Waals surface area (Å²) in [5.74, 6) is -0.354. The molecule has 2 aromatic heterocycles. The number of halogens is 3. The summed E-state index contributed by atoms with van der Waals surface area (Å²) in [6.45, 7) is 7.51. The third-order valence-corrected chi connectivity index (χ3v) is 5.32. The summed E-state index contributed by atoms with van der Waals surface area (Å²) >= 11 is 1.25. The van der Waals surface area contributed by atoms with Gasteiger partial charge in [-0.2, -0.15) is 0 Å². The van der Waals surface area contributed by atoms with Crippen molar-refractivity contribution in [1.82, 2.24) is 14.5 Å². The van der Waals surface area contributed by atoms with E-state index >= 15 is 0 Å². The second-order valence-corrected chi connectivity index (χ2v) is 9.40. The zero-order chi connectivity index (χ0) is 22.8. The lowest BCUT2D eigenvalue weighted by Gasteiger charge is -2.22. The predicted molar refractivity (Wildman–Crippen MR) is 111 cm³/mol. The number of rotatable bonds is 6. The van der Waals surface area contributed by atoms with Crippen LogP contribution in [0.4, 0.5) is 13.2 Å². The van der Waals surface area contributed by atoms with Gasteiger partial charge in [-0.15, -0.1) is 13.2 Å². The molecule has 0 saturated carbocycles. The van der Waals surface area contributed by atoms with Crippen molar-refractivity contribution in [3.8, 4) is 0 Å². The van der Waals surface area contributed by atoms with Crippen LogP contribution >= 0.6 is 11.8 Å². The number of hydrogen-bond donors (Lipinski definition) is 0. The van der Waals surface area contributed by atoms with E-state index in [1.165, 1.54) is 17.8 Å². The Hall–Kier alpha value is -2.33. The molecule has 0 bridgehead atoms. The van der Waals surface area contributed by atoms with Crippen molar-refractivity contribution in [2.75, 3.05) is 0 Å². The number of imidazole rings is 1. The Labute approximate surface area is 182 Å². The number of pyridine rings is 1. The van der Waals surface area contributed by atoms with Crippen LogP contribution in [0.15, 0.2) is 47.3 Å². The second kappa shape index (κ2) is 9.04. The lowest BCUT2D eigenvalue weighted by atomic mass is 10.1. The third-order valence-electron chi connectivity index (χ3n) is 4.25. The van der Waals surface area contributed by atoms with Gasteiger partial charge in [0.1, 0.15) is 16.4 Å². The van der Waals surface area contributed by atoms with E-state index in [1.54, 1.807) is 52.1 Å². The van der Waals surface area contributed by atoms with Crippen molar-refractivity contribution in [2.45, 2.75) is 69.1 Å². The van der Waals surface area contributed by atoms with Crippen LogP contribution < -0.4 is 0 Å². The molecule has 0 spiro atoms. The standard InChI is InChI=1S/C21H24F3N3O3S/c1-13(18(28)30-20(2,3)4)31-19-26-16-6-5-11-25-17(16)27(19)12-14-7-9-15(10-8-14)29-21(22,23)24/h5-9,11,13,15H,10,12H2,1-4H3. The molecule has 0 N–H and O–H groups in total. The maximum Gasteiger partial charge on any atom is 0.523 e. The van der Waals surface area contributed by atoms with E-state index in [1.807, 2.05) is 10.6 Å². The number of esters is 1. The zero-order valence-corrected chi connectivity index (χ0v) is 18.5. The summed E-state index contributed by atoms with van der Waals surface area (Å²) in [6.07, 6.45) is 0.754. The van der Waals surface area contributed by atoms with Crippen molar-refractivity contribution in [3.05, 3.63) is 42.1 Å². The third kappa shape index (κ3) is 6.57. The molecule has 0 fully saturated rings. The molecule has 2 atom stereocenters. The quantitative estimate of drug-likeness (QED) is 0.449. The molecule has 1 aliphatic carbocycles. The summed E-state index contributed by atoms with van der Waals surface area (Å²) in [6, 6.07) is 3.59. The molecule has 10 heteroatoms. The topological polar surface area (TPSA) is 66.2 Å². The molecule has 2 aromatic rings. The van der Waals surface area contributed by atoms with Crippen LogP contribution in [0.1, 0.15) is 34.1 Å². The summed E-state index contributed by atoms with van der Waals surface area (Å²) < 4.78 is 48.6. The molecule has 31 heavy (non-hydrogen) atoms. The van der Waals surface area contributed by atoms with Gasteiger partial charge in [0.05, 0.1) is 12.6 Å². The fourth-order valence-electron chi connectivity index (χ4n) is 2.97. The molecule has 0 amide bonds. The second-order valence-electron chi connectivity index (χ2n) is 8.10. The number of hydrogen-bond acceptors (Lipinski definition) is 6. The minimum atomic E-state index is -4.67. The lowest BCUT2D eigenvalue weighted by Crippen LogP contribution is -2.29. The van der Waals surface area contributed by atoms with E-state index in [-0.39, 0.29) is 12.4 Å². The van der Waals surface area contributed by atoms with Gasteiger partial charge in [-0.05, 0) is 51.8 Å². The van der Waals surface area contributed by atoms with Gasteiger partial charge < -0.3 is 4.74 Å². The van der Waals surface area contributed by atoms with E-state index in [0.717, 1.165) is 5.57 Å². The fourth-order valence-corrected chi connectivity index (χ4v) is 3.85. The number of thioether (sulfide) groups is 1. The minimum absolute atomic E-state index is 0.113. The number of carbonyl (C=O) groups is 1. The van der Waals surface area contributed by atoms with Gasteiger partial charge in [-0.25, -0.2) is 9.97 Å². The first kappa shape index (κ1) is 23.3. The molecule has 3 rings (SSSR count). The molecule has 0 aromatic carbocycles. The molecular formula is C21H24F3N3O3S. The highest BCUT2D eigenvalue weighted by Gasteiger charge is 2.33. The van der Waals surface area contributed by atoms with Gasteiger partial charge in [-0.1, -0.05) is 30.0 Å². The lowest BCUT2D eigenvalue weighted by molar-refractivity contribution is -0.336. The monoisotopic (exact) mass is 455 g/mol. The summed E-state index contributed by atoms with van der Waals surface area (Å²) in [7, 11) is 0. The maximum atomic E-state index is 12.4. The normalized spacial score (nSPS) is 18.2. The number of ether oxygens (including phenoxy) is 2. The van der Waals surface area contributed by atoms with Gasteiger partial charge >= 0.3 is 12.3 Å². The molecule has 6 nitrogen and oxygen atoms in total. The molecule has 2 unspecified atom stereocenters. The predicted octanol–water partition coefficient (Wildman–Crippen LogP) is 5.04. The highest BCUT2D eigenvalue weighted by atomic mass is 32.2. The van der Waals surface area contributed by atoms with Crippen molar-refractivity contribution in [2.24, 2.45) is 0 Å². The number of nitrogens with zero attached hydrogens (tertiary/aromatic N) is 3. The molecule has 168 valence electrons. The average molecular weight is 456 g/mol. The van der Waals surface area contributed by atoms with Crippen LogP contribution in [0.3, 0.4) is 0 Å². The van der Waals surface area contributed by atoms with Crippen LogP contribution in [-0.2, 0) is 20.8 Å². The van der Waals surface area contributed by atoms with Crippen LogP contribution in [0.5, 0.6) is 0 Å². The van der Waals surface area contributed by atoms with Gasteiger partial charge in [0, 0.05) is 6.20 Å². The summed E-state index contributed by atoms with van der Waals surface area (Å²) in [4.78, 5) is 21.4. The Morgan fingerprint density at radius 2 is 2.10 bits per heavy atom. The Bertz CT molecular complexity index is 1010. The van der Waals surface area contributed by atoms with Crippen molar-refractivity contribution < 1.29 is 27.4 Å². The Morgan fingerprint density at radius 3 is 2.71 bits per heavy atom. The molecule has 0 aliphatic heterocycles. The first-order valence-electron chi connectivity index (χ1n) is 9.74. The number of fused-ring (bicyclic) bond motifs is 1. The van der Waals surface area contributed by atoms with E-state index < -0.39 is 23.3 Å². The number of alkyl halides is 3. The van der Waals surface area contributed by atoms with Crippen molar-refractivity contribution in [1.29, 1.82) is 0 Å². The summed E-state index contributed by atoms with van der Waals surface area (Å²) in [5.41, 5.74) is 1.50. The van der Waals surface area contributed by atoms with Gasteiger partial charge in [0.25, 0.3) is 0 Å². The minimum Gasteiger partial charge on any atom is -0.459 e. The van der Waals surface area contributed by atoms with Crippen LogP contribution in [0.2, 0.25) is 0 Å². The first-order valence-corrected chi connectivity index (χ1v) is 10.6. The van der Waals surface area contributed by atoms with E-state index in [9.17, 15) is 18.0 Å². The highest BCUT2D eigenvalue weighted by molar-refractivity contribution is 8.00. The SMILES string of the molecule is CC(Sc1nc2cccnc2n1CC1=CCC(OC(F)(F)F)C=C1)C(=O)OC(C)(C)C. The smallest absolute Gasteiger partial charge is 0.459 e. The zero-order valence-electron chi connectivity index (χ0n) is 17.6. The summed E-state index contributed by atoms with van der Waals surface area (Å²) in [5, 5.41) is 0.0743. The number of carbonyl (C=O) groups excluding carboxylic acids is 1.